The fraction of sp³-hybridized carbons (Fsp3) is 0.389. The van der Waals surface area contributed by atoms with E-state index in [9.17, 15) is 9.59 Å². The molecule has 8 heteroatoms. The molecule has 2 aliphatic heterocycles. The SMILES string of the molecule is O=C(Nc1ccc2c(c1)OCCO2)C1CCCN(c2cn[nH]c(=O)c2)C1. The van der Waals surface area contributed by atoms with Gasteiger partial charge in [-0.15, -0.1) is 0 Å². The van der Waals surface area contributed by atoms with Gasteiger partial charge in [-0.05, 0) is 25.0 Å². The number of amides is 1. The van der Waals surface area contributed by atoms with E-state index in [-0.39, 0.29) is 17.4 Å². The van der Waals surface area contributed by atoms with Crippen LogP contribution in [-0.4, -0.2) is 42.4 Å². The molecule has 1 saturated heterocycles. The molecular weight excluding hydrogens is 336 g/mol. The van der Waals surface area contributed by atoms with Crippen LogP contribution in [0.4, 0.5) is 11.4 Å². The number of rotatable bonds is 3. The number of H-pyrrole nitrogens is 1. The molecule has 26 heavy (non-hydrogen) atoms. The molecule has 1 atom stereocenters. The van der Waals surface area contributed by atoms with Crippen LogP contribution in [0.2, 0.25) is 0 Å². The number of hydrogen-bond acceptors (Lipinski definition) is 6. The first-order valence-corrected chi connectivity index (χ1v) is 8.69. The van der Waals surface area contributed by atoms with Gasteiger partial charge in [0.05, 0.1) is 17.8 Å². The van der Waals surface area contributed by atoms with Crippen LogP contribution < -0.4 is 25.2 Å². The van der Waals surface area contributed by atoms with Crippen molar-refractivity contribution in [3.63, 3.8) is 0 Å². The highest BCUT2D eigenvalue weighted by Crippen LogP contribution is 2.33. The number of nitrogens with zero attached hydrogens (tertiary/aromatic N) is 2. The second-order valence-electron chi connectivity index (χ2n) is 6.44. The summed E-state index contributed by atoms with van der Waals surface area (Å²) in [5, 5.41) is 9.16. The summed E-state index contributed by atoms with van der Waals surface area (Å²) in [7, 11) is 0. The molecule has 1 amide bonds. The van der Waals surface area contributed by atoms with E-state index >= 15 is 0 Å². The van der Waals surface area contributed by atoms with E-state index in [1.54, 1.807) is 18.3 Å². The minimum atomic E-state index is -0.245. The number of aromatic amines is 1. The van der Waals surface area contributed by atoms with Crippen LogP contribution >= 0.6 is 0 Å². The lowest BCUT2D eigenvalue weighted by atomic mass is 9.96. The smallest absolute Gasteiger partial charge is 0.266 e. The normalized spacial score (nSPS) is 19.1. The van der Waals surface area contributed by atoms with Crippen molar-refractivity contribution in [3.05, 3.63) is 40.8 Å². The van der Waals surface area contributed by atoms with Crippen molar-refractivity contribution in [3.8, 4) is 11.5 Å². The molecule has 1 fully saturated rings. The van der Waals surface area contributed by atoms with E-state index in [4.69, 9.17) is 9.47 Å². The van der Waals surface area contributed by atoms with Gasteiger partial charge in [0.2, 0.25) is 5.91 Å². The number of nitrogens with one attached hydrogen (secondary N) is 2. The monoisotopic (exact) mass is 356 g/mol. The van der Waals surface area contributed by atoms with Gasteiger partial charge < -0.3 is 19.7 Å². The van der Waals surface area contributed by atoms with Crippen molar-refractivity contribution in [2.24, 2.45) is 5.92 Å². The number of piperidine rings is 1. The number of carbonyl (C=O) groups excluding carboxylic acids is 1. The minimum Gasteiger partial charge on any atom is -0.486 e. The van der Waals surface area contributed by atoms with E-state index < -0.39 is 0 Å². The molecule has 8 nitrogen and oxygen atoms in total. The summed E-state index contributed by atoms with van der Waals surface area (Å²) >= 11 is 0. The lowest BCUT2D eigenvalue weighted by Gasteiger charge is -2.33. The second kappa shape index (κ2) is 7.07. The maximum atomic E-state index is 12.7. The third-order valence-electron chi connectivity index (χ3n) is 4.62. The van der Waals surface area contributed by atoms with E-state index in [0.29, 0.717) is 36.9 Å². The van der Waals surface area contributed by atoms with E-state index in [0.717, 1.165) is 25.1 Å². The number of benzene rings is 1. The molecule has 1 unspecified atom stereocenters. The Kier molecular flexibility index (Phi) is 4.47. The van der Waals surface area contributed by atoms with Gasteiger partial charge in [-0.1, -0.05) is 0 Å². The predicted octanol–water partition coefficient (Wildman–Crippen LogP) is 1.40. The summed E-state index contributed by atoms with van der Waals surface area (Å²) in [6, 6.07) is 6.91. The molecule has 0 radical (unpaired) electrons. The molecule has 2 aliphatic rings. The van der Waals surface area contributed by atoms with Crippen molar-refractivity contribution >= 4 is 17.3 Å². The maximum absolute atomic E-state index is 12.7. The summed E-state index contributed by atoms with van der Waals surface area (Å²) in [5.41, 5.74) is 1.19. The van der Waals surface area contributed by atoms with Crippen LogP contribution in [0.15, 0.2) is 35.3 Å². The lowest BCUT2D eigenvalue weighted by Crippen LogP contribution is -2.41. The third-order valence-corrected chi connectivity index (χ3v) is 4.62. The molecule has 0 spiro atoms. The van der Waals surface area contributed by atoms with E-state index in [1.165, 1.54) is 6.07 Å². The lowest BCUT2D eigenvalue weighted by molar-refractivity contribution is -0.120. The average Bonchev–Trinajstić information content (AvgIpc) is 2.68. The Bertz CT molecular complexity index is 866. The highest BCUT2D eigenvalue weighted by atomic mass is 16.6. The van der Waals surface area contributed by atoms with Crippen LogP contribution in [0, 0.1) is 5.92 Å². The van der Waals surface area contributed by atoms with Crippen LogP contribution in [-0.2, 0) is 4.79 Å². The number of ether oxygens (including phenoxy) is 2. The summed E-state index contributed by atoms with van der Waals surface area (Å²) in [6.07, 6.45) is 3.30. The second-order valence-corrected chi connectivity index (χ2v) is 6.44. The van der Waals surface area contributed by atoms with Gasteiger partial charge in [0.1, 0.15) is 13.2 Å². The average molecular weight is 356 g/mol. The van der Waals surface area contributed by atoms with Crippen molar-refractivity contribution in [1.29, 1.82) is 0 Å². The predicted molar refractivity (Wildman–Crippen MR) is 95.9 cm³/mol. The highest BCUT2D eigenvalue weighted by Gasteiger charge is 2.26. The third kappa shape index (κ3) is 3.49. The first-order valence-electron chi connectivity index (χ1n) is 8.69. The number of aromatic nitrogens is 2. The zero-order chi connectivity index (χ0) is 17.9. The van der Waals surface area contributed by atoms with Crippen molar-refractivity contribution in [2.75, 3.05) is 36.5 Å². The van der Waals surface area contributed by atoms with Crippen molar-refractivity contribution in [2.45, 2.75) is 12.8 Å². The fourth-order valence-electron chi connectivity index (χ4n) is 3.33. The van der Waals surface area contributed by atoms with E-state index in [2.05, 4.69) is 15.5 Å². The Morgan fingerprint density at radius 1 is 1.23 bits per heavy atom. The Hall–Kier alpha value is -3.03. The van der Waals surface area contributed by atoms with Crippen LogP contribution in [0.25, 0.3) is 0 Å². The number of anilines is 2. The minimum absolute atomic E-state index is 0.0378. The topological polar surface area (TPSA) is 96.6 Å². The summed E-state index contributed by atoms with van der Waals surface area (Å²) in [5.74, 6) is 1.15. The van der Waals surface area contributed by atoms with Crippen LogP contribution in [0.5, 0.6) is 11.5 Å². The molecule has 0 bridgehead atoms. The standard InChI is InChI=1S/C18H20N4O4/c23-17-9-14(10-19-21-17)22-5-1-2-12(11-22)18(24)20-13-3-4-15-16(8-13)26-7-6-25-15/h3-4,8-10,12H,1-2,5-7,11H2,(H,20,24)(H,21,23). The van der Waals surface area contributed by atoms with Gasteiger partial charge >= 0.3 is 0 Å². The first kappa shape index (κ1) is 16.4. The zero-order valence-corrected chi connectivity index (χ0v) is 14.2. The molecule has 4 rings (SSSR count). The first-order chi connectivity index (χ1) is 12.7. The number of hydrogen-bond donors (Lipinski definition) is 2. The summed E-state index contributed by atoms with van der Waals surface area (Å²) < 4.78 is 11.0. The van der Waals surface area contributed by atoms with Gasteiger partial charge in [-0.25, -0.2) is 5.10 Å². The van der Waals surface area contributed by atoms with Crippen LogP contribution in [0.1, 0.15) is 12.8 Å². The van der Waals surface area contributed by atoms with Crippen LogP contribution in [0.3, 0.4) is 0 Å². The Morgan fingerprint density at radius 2 is 2.08 bits per heavy atom. The molecule has 2 N–H and O–H groups in total. The van der Waals surface area contributed by atoms with Crippen molar-refractivity contribution in [1.82, 2.24) is 10.2 Å². The molecule has 0 saturated carbocycles. The maximum Gasteiger partial charge on any atom is 0.266 e. The van der Waals surface area contributed by atoms with Gasteiger partial charge in [0.25, 0.3) is 5.56 Å². The van der Waals surface area contributed by atoms with Gasteiger partial charge in [0.15, 0.2) is 11.5 Å². The van der Waals surface area contributed by atoms with Gasteiger partial charge in [0, 0.05) is 30.9 Å². The number of carbonyl (C=O) groups is 1. The zero-order valence-electron chi connectivity index (χ0n) is 14.2. The van der Waals surface area contributed by atoms with Crippen molar-refractivity contribution < 1.29 is 14.3 Å². The molecule has 136 valence electrons. The molecular formula is C18H20N4O4. The summed E-state index contributed by atoms with van der Waals surface area (Å²) in [4.78, 5) is 26.2. The molecule has 3 heterocycles. The van der Waals surface area contributed by atoms with Gasteiger partial charge in [-0.2, -0.15) is 5.10 Å². The molecule has 1 aromatic carbocycles. The quantitative estimate of drug-likeness (QED) is 0.863. The fourth-order valence-corrected chi connectivity index (χ4v) is 3.33. The van der Waals surface area contributed by atoms with Gasteiger partial charge in [-0.3, -0.25) is 9.59 Å². The van der Waals surface area contributed by atoms with E-state index in [1.807, 2.05) is 11.0 Å². The number of fused-ring (bicyclic) bond motifs is 1. The largest absolute Gasteiger partial charge is 0.486 e. The molecule has 0 aliphatic carbocycles. The Labute approximate surface area is 150 Å². The molecule has 1 aromatic heterocycles. The Balaban J connectivity index is 1.43. The summed E-state index contributed by atoms with van der Waals surface area (Å²) in [6.45, 7) is 2.40. The highest BCUT2D eigenvalue weighted by molar-refractivity contribution is 5.93. The Morgan fingerprint density at radius 3 is 2.92 bits per heavy atom. The molecule has 2 aromatic rings.